The van der Waals surface area contributed by atoms with Gasteiger partial charge in [-0.25, -0.2) is 14.1 Å². The number of nitrogens with zero attached hydrogens (tertiary/aromatic N) is 4. The molecule has 0 radical (unpaired) electrons. The van der Waals surface area contributed by atoms with Crippen LogP contribution in [0.15, 0.2) is 84.9 Å². The van der Waals surface area contributed by atoms with Gasteiger partial charge in [-0.2, -0.15) is 5.10 Å². The zero-order valence-electron chi connectivity index (χ0n) is 15.4. The molecule has 2 aromatic heterocycles. The predicted molar refractivity (Wildman–Crippen MR) is 113 cm³/mol. The van der Waals surface area contributed by atoms with Gasteiger partial charge >= 0.3 is 0 Å². The number of halogens is 1. The molecular formula is C22H17FN4OS. The summed E-state index contributed by atoms with van der Waals surface area (Å²) in [6, 6.07) is 17.3. The maximum absolute atomic E-state index is 13.1. The van der Waals surface area contributed by atoms with E-state index in [2.05, 4.69) is 16.7 Å². The van der Waals surface area contributed by atoms with Crippen molar-refractivity contribution >= 4 is 22.4 Å². The van der Waals surface area contributed by atoms with E-state index in [1.165, 1.54) is 28.2 Å². The highest BCUT2D eigenvalue weighted by molar-refractivity contribution is 7.14. The molecule has 0 saturated carbocycles. The van der Waals surface area contributed by atoms with Crippen molar-refractivity contribution in [3.8, 4) is 16.9 Å². The number of hydrogen-bond donors (Lipinski definition) is 0. The van der Waals surface area contributed by atoms with E-state index in [1.54, 1.807) is 35.4 Å². The van der Waals surface area contributed by atoms with Crippen molar-refractivity contribution in [3.63, 3.8) is 0 Å². The average molecular weight is 404 g/mol. The predicted octanol–water partition coefficient (Wildman–Crippen LogP) is 4.97. The van der Waals surface area contributed by atoms with Gasteiger partial charge in [-0.3, -0.25) is 9.69 Å². The fraction of sp³-hybridized carbons (Fsp3) is 0.0455. The van der Waals surface area contributed by atoms with E-state index in [4.69, 9.17) is 0 Å². The van der Waals surface area contributed by atoms with Crippen LogP contribution in [0.3, 0.4) is 0 Å². The first-order chi connectivity index (χ1) is 14.2. The molecule has 29 heavy (non-hydrogen) atoms. The van der Waals surface area contributed by atoms with Gasteiger partial charge in [-0.1, -0.05) is 36.4 Å². The Hall–Kier alpha value is -3.58. The molecule has 0 N–H and O–H groups in total. The Kier molecular flexibility index (Phi) is 5.31. The van der Waals surface area contributed by atoms with Crippen molar-refractivity contribution in [2.45, 2.75) is 0 Å². The number of carbonyl (C=O) groups is 1. The third kappa shape index (κ3) is 4.00. The average Bonchev–Trinajstić information content (AvgIpc) is 3.43. The van der Waals surface area contributed by atoms with Crippen LogP contribution in [0.25, 0.3) is 16.9 Å². The molecule has 144 valence electrons. The van der Waals surface area contributed by atoms with Gasteiger partial charge in [-0.05, 0) is 30.3 Å². The molecular weight excluding hydrogens is 387 g/mol. The van der Waals surface area contributed by atoms with Crippen molar-refractivity contribution in [2.24, 2.45) is 0 Å². The van der Waals surface area contributed by atoms with Crippen LogP contribution in [0.5, 0.6) is 0 Å². The lowest BCUT2D eigenvalue weighted by Crippen LogP contribution is -2.31. The molecule has 0 fully saturated rings. The monoisotopic (exact) mass is 404 g/mol. The summed E-state index contributed by atoms with van der Waals surface area (Å²) >= 11 is 1.39. The van der Waals surface area contributed by atoms with Crippen LogP contribution in [-0.4, -0.2) is 27.2 Å². The summed E-state index contributed by atoms with van der Waals surface area (Å²) < 4.78 is 14.7. The topological polar surface area (TPSA) is 51.0 Å². The Morgan fingerprint density at radius 3 is 2.62 bits per heavy atom. The van der Waals surface area contributed by atoms with Crippen molar-refractivity contribution < 1.29 is 9.18 Å². The minimum atomic E-state index is -0.327. The number of aromatic nitrogens is 3. The maximum atomic E-state index is 13.1. The van der Waals surface area contributed by atoms with Crippen LogP contribution in [-0.2, 0) is 0 Å². The SMILES string of the molecule is C=CCN(C(=O)c1ccn(-c2ccc(F)cc2)n1)c1nc(-c2ccccc2)cs1. The third-order valence-corrected chi connectivity index (χ3v) is 5.11. The van der Waals surface area contributed by atoms with Crippen LogP contribution >= 0.6 is 11.3 Å². The first kappa shape index (κ1) is 18.8. The molecule has 1 amide bonds. The Balaban J connectivity index is 1.61. The summed E-state index contributed by atoms with van der Waals surface area (Å²) in [7, 11) is 0. The third-order valence-electron chi connectivity index (χ3n) is 4.25. The lowest BCUT2D eigenvalue weighted by molar-refractivity contribution is 0.0984. The quantitative estimate of drug-likeness (QED) is 0.427. The van der Waals surface area contributed by atoms with Gasteiger partial charge in [0.05, 0.1) is 11.4 Å². The van der Waals surface area contributed by atoms with Gasteiger partial charge in [-0.15, -0.1) is 17.9 Å². The Morgan fingerprint density at radius 1 is 1.14 bits per heavy atom. The highest BCUT2D eigenvalue weighted by Crippen LogP contribution is 2.28. The molecule has 0 aliphatic carbocycles. The molecule has 0 unspecified atom stereocenters. The fourth-order valence-electron chi connectivity index (χ4n) is 2.82. The van der Waals surface area contributed by atoms with E-state index in [0.717, 1.165) is 11.3 Å². The molecule has 0 atom stereocenters. The highest BCUT2D eigenvalue weighted by Gasteiger charge is 2.22. The molecule has 7 heteroatoms. The zero-order valence-corrected chi connectivity index (χ0v) is 16.2. The summed E-state index contributed by atoms with van der Waals surface area (Å²) in [6.45, 7) is 4.06. The van der Waals surface area contributed by atoms with E-state index >= 15 is 0 Å². The first-order valence-corrected chi connectivity index (χ1v) is 9.79. The lowest BCUT2D eigenvalue weighted by atomic mass is 10.2. The summed E-state index contributed by atoms with van der Waals surface area (Å²) in [5.74, 6) is -0.605. The molecule has 0 aliphatic heterocycles. The van der Waals surface area contributed by atoms with Crippen molar-refractivity contribution in [1.82, 2.24) is 14.8 Å². The second-order valence-corrected chi connectivity index (χ2v) is 7.04. The smallest absolute Gasteiger partial charge is 0.279 e. The Labute approximate surface area is 171 Å². The van der Waals surface area contributed by atoms with Crippen LogP contribution in [0.2, 0.25) is 0 Å². The van der Waals surface area contributed by atoms with E-state index in [9.17, 15) is 9.18 Å². The fourth-order valence-corrected chi connectivity index (χ4v) is 3.66. The second kappa shape index (κ2) is 8.20. The molecule has 2 heterocycles. The van der Waals surface area contributed by atoms with Crippen LogP contribution < -0.4 is 4.90 Å². The number of carbonyl (C=O) groups excluding carboxylic acids is 1. The Morgan fingerprint density at radius 2 is 1.90 bits per heavy atom. The number of rotatable bonds is 6. The van der Waals surface area contributed by atoms with E-state index in [-0.39, 0.29) is 17.4 Å². The van der Waals surface area contributed by atoms with Gasteiger partial charge in [0.15, 0.2) is 10.8 Å². The summed E-state index contributed by atoms with van der Waals surface area (Å²) in [4.78, 5) is 19.3. The van der Waals surface area contributed by atoms with Crippen LogP contribution in [0, 0.1) is 5.82 Å². The number of hydrogen-bond acceptors (Lipinski definition) is 4. The van der Waals surface area contributed by atoms with Gasteiger partial charge < -0.3 is 0 Å². The minimum absolute atomic E-state index is 0.271. The van der Waals surface area contributed by atoms with Crippen molar-refractivity contribution in [1.29, 1.82) is 0 Å². The molecule has 2 aromatic carbocycles. The number of amides is 1. The zero-order chi connectivity index (χ0) is 20.2. The number of benzene rings is 2. The molecule has 4 rings (SSSR count). The highest BCUT2D eigenvalue weighted by atomic mass is 32.1. The molecule has 0 bridgehead atoms. The minimum Gasteiger partial charge on any atom is -0.279 e. The van der Waals surface area contributed by atoms with Gasteiger partial charge in [0.25, 0.3) is 5.91 Å². The second-order valence-electron chi connectivity index (χ2n) is 6.21. The van der Waals surface area contributed by atoms with Gasteiger partial charge in [0, 0.05) is 23.7 Å². The standard InChI is InChI=1S/C22H17FN4OS/c1-2-13-26(22-24-20(15-29-22)16-6-4-3-5-7-16)21(28)19-12-14-27(25-19)18-10-8-17(23)9-11-18/h2-12,14-15H,1,13H2. The van der Waals surface area contributed by atoms with Crippen molar-refractivity contribution in [2.75, 3.05) is 11.4 Å². The molecule has 0 saturated heterocycles. The Bertz CT molecular complexity index is 1140. The summed E-state index contributed by atoms with van der Waals surface area (Å²) in [5, 5.41) is 6.85. The van der Waals surface area contributed by atoms with E-state index in [0.29, 0.717) is 17.4 Å². The molecule has 0 spiro atoms. The normalized spacial score (nSPS) is 10.7. The molecule has 0 aliphatic rings. The molecule has 4 aromatic rings. The first-order valence-electron chi connectivity index (χ1n) is 8.91. The van der Waals surface area contributed by atoms with E-state index in [1.807, 2.05) is 35.7 Å². The van der Waals surface area contributed by atoms with Crippen molar-refractivity contribution in [3.05, 3.63) is 96.4 Å². The number of thiazole rings is 1. The molecule has 5 nitrogen and oxygen atoms in total. The summed E-state index contributed by atoms with van der Waals surface area (Å²) in [6.07, 6.45) is 3.32. The lowest BCUT2D eigenvalue weighted by Gasteiger charge is -2.16. The van der Waals surface area contributed by atoms with Gasteiger partial charge in [0.2, 0.25) is 0 Å². The number of anilines is 1. The van der Waals surface area contributed by atoms with Crippen LogP contribution in [0.1, 0.15) is 10.5 Å². The summed E-state index contributed by atoms with van der Waals surface area (Å²) in [5.41, 5.74) is 2.74. The van der Waals surface area contributed by atoms with Gasteiger partial charge in [0.1, 0.15) is 5.82 Å². The van der Waals surface area contributed by atoms with E-state index < -0.39 is 0 Å². The largest absolute Gasteiger partial charge is 0.280 e. The maximum Gasteiger partial charge on any atom is 0.280 e. The van der Waals surface area contributed by atoms with Crippen LogP contribution in [0.4, 0.5) is 9.52 Å².